The smallest absolute Gasteiger partial charge is 0.270 e. The van der Waals surface area contributed by atoms with E-state index in [2.05, 4.69) is 10.4 Å². The molecular weight excluding hydrogens is 406 g/mol. The van der Waals surface area contributed by atoms with Crippen molar-refractivity contribution in [2.45, 2.75) is 43.6 Å². The summed E-state index contributed by atoms with van der Waals surface area (Å²) in [7, 11) is 0. The Morgan fingerprint density at radius 2 is 1.93 bits per heavy atom. The zero-order valence-electron chi connectivity index (χ0n) is 17.0. The van der Waals surface area contributed by atoms with Gasteiger partial charge in [-0.15, -0.1) is 11.8 Å². The number of ether oxygens (including phenoxy) is 3. The van der Waals surface area contributed by atoms with E-state index in [0.29, 0.717) is 42.7 Å². The highest BCUT2D eigenvalue weighted by Crippen LogP contribution is 2.44. The van der Waals surface area contributed by atoms with Crippen LogP contribution in [0.5, 0.6) is 11.5 Å². The summed E-state index contributed by atoms with van der Waals surface area (Å²) in [5.41, 5.74) is 1.03. The van der Waals surface area contributed by atoms with Gasteiger partial charge in [-0.2, -0.15) is 0 Å². The van der Waals surface area contributed by atoms with E-state index in [1.54, 1.807) is 0 Å². The van der Waals surface area contributed by atoms with Crippen LogP contribution in [0.15, 0.2) is 23.0 Å². The first-order valence-corrected chi connectivity index (χ1v) is 11.3. The molecule has 2 aromatic rings. The number of carbonyl (C=O) groups excluding carboxylic acids is 1. The van der Waals surface area contributed by atoms with E-state index in [4.69, 9.17) is 14.2 Å². The summed E-state index contributed by atoms with van der Waals surface area (Å²) in [5.74, 6) is 2.10. The Labute approximate surface area is 178 Å². The number of anilines is 1. The molecule has 2 unspecified atom stereocenters. The van der Waals surface area contributed by atoms with Crippen molar-refractivity contribution in [2.75, 3.05) is 30.9 Å². The van der Waals surface area contributed by atoms with Crippen LogP contribution in [0.25, 0.3) is 0 Å². The van der Waals surface area contributed by atoms with Gasteiger partial charge in [-0.25, -0.2) is 0 Å². The van der Waals surface area contributed by atoms with Crippen LogP contribution in [0.1, 0.15) is 49.1 Å². The summed E-state index contributed by atoms with van der Waals surface area (Å²) in [6.07, 6.45) is 1.53. The van der Waals surface area contributed by atoms with Gasteiger partial charge in [0.1, 0.15) is 19.0 Å². The Balaban J connectivity index is 1.58. The van der Waals surface area contributed by atoms with Crippen molar-refractivity contribution in [3.05, 3.63) is 39.7 Å². The number of aromatic nitrogens is 2. The number of aromatic amines is 1. The summed E-state index contributed by atoms with van der Waals surface area (Å²) in [4.78, 5) is 25.6. The van der Waals surface area contributed by atoms with Crippen LogP contribution in [0, 0.1) is 0 Å². The van der Waals surface area contributed by atoms with Crippen molar-refractivity contribution in [1.29, 1.82) is 0 Å². The van der Waals surface area contributed by atoms with Gasteiger partial charge in [0.25, 0.3) is 5.56 Å². The molecule has 9 heteroatoms. The maximum atomic E-state index is 13.1. The fourth-order valence-corrected chi connectivity index (χ4v) is 5.54. The molecule has 0 bridgehead atoms. The first-order chi connectivity index (χ1) is 14.4. The van der Waals surface area contributed by atoms with Crippen molar-refractivity contribution >= 4 is 23.5 Å². The van der Waals surface area contributed by atoms with E-state index < -0.39 is 0 Å². The highest BCUT2D eigenvalue weighted by atomic mass is 32.2. The van der Waals surface area contributed by atoms with E-state index in [-0.39, 0.29) is 34.1 Å². The van der Waals surface area contributed by atoms with Gasteiger partial charge in [0, 0.05) is 6.61 Å². The molecule has 0 spiro atoms. The number of nitrogens with zero attached hydrogens (tertiary/aromatic N) is 1. The summed E-state index contributed by atoms with van der Waals surface area (Å²) in [6, 6.07) is 5.78. The average molecular weight is 432 g/mol. The lowest BCUT2D eigenvalue weighted by atomic mass is 9.94. The number of carbonyl (C=O) groups is 1. The van der Waals surface area contributed by atoms with Crippen molar-refractivity contribution in [3.63, 3.8) is 0 Å². The lowest BCUT2D eigenvalue weighted by molar-refractivity contribution is -0.113. The lowest BCUT2D eigenvalue weighted by Crippen LogP contribution is -2.36. The average Bonchev–Trinajstić information content (AvgIpc) is 2.92. The Bertz CT molecular complexity index is 1040. The predicted octanol–water partition coefficient (Wildman–Crippen LogP) is 2.85. The molecule has 0 aliphatic carbocycles. The molecule has 1 aromatic carbocycles. The van der Waals surface area contributed by atoms with Gasteiger partial charge in [0.05, 0.1) is 28.2 Å². The van der Waals surface area contributed by atoms with Crippen molar-refractivity contribution in [1.82, 2.24) is 9.78 Å². The normalized spacial score (nSPS) is 25.2. The van der Waals surface area contributed by atoms with Crippen LogP contribution in [0.2, 0.25) is 0 Å². The number of nitrogens with one attached hydrogen (secondary N) is 2. The van der Waals surface area contributed by atoms with Gasteiger partial charge in [-0.1, -0.05) is 6.07 Å². The van der Waals surface area contributed by atoms with E-state index in [0.717, 1.165) is 18.4 Å². The molecular formula is C21H25N3O5S. The van der Waals surface area contributed by atoms with Crippen LogP contribution in [-0.2, 0) is 9.53 Å². The summed E-state index contributed by atoms with van der Waals surface area (Å²) in [6.45, 7) is 5.73. The Hall–Kier alpha value is -2.39. The molecule has 1 aromatic heterocycles. The van der Waals surface area contributed by atoms with E-state index in [9.17, 15) is 9.59 Å². The minimum absolute atomic E-state index is 0.0505. The minimum atomic E-state index is -0.285. The van der Waals surface area contributed by atoms with Crippen molar-refractivity contribution in [2.24, 2.45) is 0 Å². The molecule has 30 heavy (non-hydrogen) atoms. The monoisotopic (exact) mass is 431 g/mol. The third-order valence-corrected chi connectivity index (χ3v) is 7.04. The lowest BCUT2D eigenvalue weighted by Gasteiger charge is -2.36. The van der Waals surface area contributed by atoms with E-state index in [1.807, 2.05) is 36.7 Å². The summed E-state index contributed by atoms with van der Waals surface area (Å²) >= 11 is 1.45. The first-order valence-electron chi connectivity index (χ1n) is 10.2. The SMILES string of the molecule is CC1(C)CC(n2[nH]c(=O)c3c2NC(=O)CSC3c2ccc3c(c2)OCCO3)CCO1. The zero-order valence-corrected chi connectivity index (χ0v) is 17.8. The van der Waals surface area contributed by atoms with E-state index in [1.165, 1.54) is 11.8 Å². The molecule has 160 valence electrons. The fraction of sp³-hybridized carbons (Fsp3) is 0.524. The standard InChI is InChI=1S/C21H25N3O5S/c1-21(2)10-13(5-6-29-21)24-19-17(20(26)23-24)18(30-11-16(25)22-19)12-3-4-14-15(9-12)28-8-7-27-14/h3-4,9,13,18H,5-8,10-11H2,1-2H3,(H,22,25)(H,23,26). The molecule has 3 aliphatic heterocycles. The minimum Gasteiger partial charge on any atom is -0.486 e. The van der Waals surface area contributed by atoms with Crippen LogP contribution in [0.4, 0.5) is 5.82 Å². The zero-order chi connectivity index (χ0) is 20.9. The Morgan fingerprint density at radius 1 is 1.13 bits per heavy atom. The highest BCUT2D eigenvalue weighted by Gasteiger charge is 2.36. The van der Waals surface area contributed by atoms with Crippen molar-refractivity contribution < 1.29 is 19.0 Å². The Morgan fingerprint density at radius 3 is 2.73 bits per heavy atom. The van der Waals surface area contributed by atoms with Gasteiger partial charge in [-0.05, 0) is 44.4 Å². The number of benzene rings is 1. The molecule has 3 aliphatic rings. The van der Waals surface area contributed by atoms with Crippen LogP contribution in [0.3, 0.4) is 0 Å². The molecule has 0 radical (unpaired) electrons. The third-order valence-electron chi connectivity index (χ3n) is 5.77. The van der Waals surface area contributed by atoms with Crippen LogP contribution in [-0.4, -0.2) is 46.9 Å². The number of hydrogen-bond acceptors (Lipinski definition) is 6. The molecule has 8 nitrogen and oxygen atoms in total. The Kier molecular flexibility index (Phi) is 4.82. The molecule has 1 saturated heterocycles. The number of fused-ring (bicyclic) bond motifs is 2. The highest BCUT2D eigenvalue weighted by molar-refractivity contribution is 8.00. The van der Waals surface area contributed by atoms with Crippen LogP contribution < -0.4 is 20.3 Å². The van der Waals surface area contributed by atoms with Gasteiger partial charge in [-0.3, -0.25) is 19.4 Å². The second kappa shape index (κ2) is 7.39. The molecule has 2 N–H and O–H groups in total. The number of amides is 1. The van der Waals surface area contributed by atoms with Gasteiger partial charge in [0.15, 0.2) is 11.5 Å². The molecule has 4 heterocycles. The second-order valence-corrected chi connectivity index (χ2v) is 9.56. The maximum Gasteiger partial charge on any atom is 0.270 e. The topological polar surface area (TPSA) is 94.6 Å². The largest absolute Gasteiger partial charge is 0.486 e. The third kappa shape index (κ3) is 3.50. The summed E-state index contributed by atoms with van der Waals surface area (Å²) in [5, 5.41) is 5.68. The number of thioether (sulfide) groups is 1. The van der Waals surface area contributed by atoms with Crippen LogP contribution >= 0.6 is 11.8 Å². The van der Waals surface area contributed by atoms with Gasteiger partial charge in [0.2, 0.25) is 5.91 Å². The van der Waals surface area contributed by atoms with Gasteiger partial charge >= 0.3 is 0 Å². The first kappa shape index (κ1) is 19.6. The molecule has 2 atom stereocenters. The number of rotatable bonds is 2. The number of hydrogen-bond donors (Lipinski definition) is 2. The maximum absolute atomic E-state index is 13.1. The van der Waals surface area contributed by atoms with Crippen molar-refractivity contribution in [3.8, 4) is 11.5 Å². The fourth-order valence-electron chi connectivity index (χ4n) is 4.42. The molecule has 1 amide bonds. The van der Waals surface area contributed by atoms with E-state index >= 15 is 0 Å². The van der Waals surface area contributed by atoms with Gasteiger partial charge < -0.3 is 19.5 Å². The summed E-state index contributed by atoms with van der Waals surface area (Å²) < 4.78 is 19.0. The molecule has 5 rings (SSSR count). The molecule has 1 fully saturated rings. The number of H-pyrrole nitrogens is 1. The molecule has 0 saturated carbocycles. The second-order valence-electron chi connectivity index (χ2n) is 8.47. The predicted molar refractivity (Wildman–Crippen MR) is 114 cm³/mol. The quantitative estimate of drug-likeness (QED) is 0.759.